The van der Waals surface area contributed by atoms with Crippen LogP contribution in [0.3, 0.4) is 0 Å². The number of methoxy groups -OCH3 is 4. The maximum atomic E-state index is 6.12. The normalized spacial score (nSPS) is 13.4. The maximum Gasteiger partial charge on any atom is 0.155 e. The molecule has 8 nitrogen and oxygen atoms in total. The number of benzene rings is 2. The number of aromatic nitrogens is 1. The number of nitrogens with one attached hydrogen (secondary N) is 1. The molecule has 0 spiro atoms. The van der Waals surface area contributed by atoms with Crippen molar-refractivity contribution in [2.45, 2.75) is 0 Å². The van der Waals surface area contributed by atoms with Crippen LogP contribution in [0.4, 0.5) is 0 Å². The first kappa shape index (κ1) is 22.6. The molecule has 186 valence electrons. The molecule has 37 heavy (non-hydrogen) atoms. The zero-order valence-electron chi connectivity index (χ0n) is 20.7. The van der Waals surface area contributed by atoms with Crippen molar-refractivity contribution in [3.63, 3.8) is 0 Å². The standard InChI is InChI=1S/C29H24N2O6/c1-32-18-5-7-24(34-3)20(12-18)26-14-22-28(36-26)10-16(30-22)9-17-11-29-23(31-17)15-27(37-29)21-13-19(33-2)6-8-25(21)35-4/h5-15,30H,1-4H3. The lowest BCUT2D eigenvalue weighted by atomic mass is 10.1. The number of allylic oxidation sites excluding steroid dienone is 1. The summed E-state index contributed by atoms with van der Waals surface area (Å²) in [5.74, 6) is 4.20. The minimum absolute atomic E-state index is 0.665. The Hall–Kier alpha value is -4.85. The Morgan fingerprint density at radius 3 is 1.95 bits per heavy atom. The summed E-state index contributed by atoms with van der Waals surface area (Å²) in [6.07, 6.45) is 3.85. The van der Waals surface area contributed by atoms with Gasteiger partial charge in [0.1, 0.15) is 39.9 Å². The molecule has 5 aromatic rings. The SMILES string of the molecule is COc1ccc(OC)c(-c2cc3c(o2)=CC(=Cc2cc4oc(-c5cc(OC)ccc5OC)cc4[nH]2)N=3)c1. The highest BCUT2D eigenvalue weighted by molar-refractivity contribution is 5.85. The average molecular weight is 497 g/mol. The number of fused-ring (bicyclic) bond motifs is 2. The summed E-state index contributed by atoms with van der Waals surface area (Å²) < 4.78 is 33.9. The Kier molecular flexibility index (Phi) is 5.49. The second-order valence-electron chi connectivity index (χ2n) is 8.43. The van der Waals surface area contributed by atoms with Gasteiger partial charge in [0.15, 0.2) is 11.0 Å². The molecule has 0 unspecified atom stereocenters. The summed E-state index contributed by atoms with van der Waals surface area (Å²) in [5, 5.41) is 0.758. The minimum atomic E-state index is 0.665. The summed E-state index contributed by atoms with van der Waals surface area (Å²) in [6, 6.07) is 17.0. The van der Waals surface area contributed by atoms with Gasteiger partial charge in [0.2, 0.25) is 0 Å². The molecular weight excluding hydrogens is 472 g/mol. The zero-order valence-corrected chi connectivity index (χ0v) is 20.7. The van der Waals surface area contributed by atoms with Gasteiger partial charge in [-0.15, -0.1) is 0 Å². The van der Waals surface area contributed by atoms with Crippen LogP contribution in [0.1, 0.15) is 5.69 Å². The molecule has 4 heterocycles. The highest BCUT2D eigenvalue weighted by Crippen LogP contribution is 2.37. The van der Waals surface area contributed by atoms with Gasteiger partial charge in [0.25, 0.3) is 0 Å². The smallest absolute Gasteiger partial charge is 0.155 e. The van der Waals surface area contributed by atoms with Crippen molar-refractivity contribution >= 4 is 23.3 Å². The zero-order chi connectivity index (χ0) is 25.5. The van der Waals surface area contributed by atoms with Crippen LogP contribution in [-0.4, -0.2) is 33.4 Å². The molecular formula is C29H24N2O6. The van der Waals surface area contributed by atoms with E-state index in [-0.39, 0.29) is 0 Å². The van der Waals surface area contributed by atoms with E-state index in [4.69, 9.17) is 32.8 Å². The van der Waals surface area contributed by atoms with E-state index in [1.807, 2.05) is 66.7 Å². The molecule has 0 bridgehead atoms. The van der Waals surface area contributed by atoms with Gasteiger partial charge in [-0.25, -0.2) is 4.99 Å². The third-order valence-electron chi connectivity index (χ3n) is 6.24. The lowest BCUT2D eigenvalue weighted by molar-refractivity contribution is 0.403. The van der Waals surface area contributed by atoms with E-state index in [9.17, 15) is 0 Å². The molecule has 0 aliphatic carbocycles. The summed E-state index contributed by atoms with van der Waals surface area (Å²) in [5.41, 5.74) is 5.55. The minimum Gasteiger partial charge on any atom is -0.497 e. The average Bonchev–Trinajstić information content (AvgIpc) is 3.67. The molecule has 1 N–H and O–H groups in total. The molecule has 2 aromatic carbocycles. The molecule has 3 aromatic heterocycles. The van der Waals surface area contributed by atoms with E-state index < -0.39 is 0 Å². The van der Waals surface area contributed by atoms with Gasteiger partial charge in [-0.1, -0.05) is 0 Å². The first-order valence-corrected chi connectivity index (χ1v) is 11.6. The van der Waals surface area contributed by atoms with Crippen molar-refractivity contribution in [2.75, 3.05) is 28.4 Å². The quantitative estimate of drug-likeness (QED) is 0.334. The monoisotopic (exact) mass is 496 g/mol. The van der Waals surface area contributed by atoms with Crippen molar-refractivity contribution in [1.82, 2.24) is 4.98 Å². The fourth-order valence-corrected chi connectivity index (χ4v) is 4.42. The summed E-state index contributed by atoms with van der Waals surface area (Å²) >= 11 is 0. The molecule has 0 saturated carbocycles. The van der Waals surface area contributed by atoms with Gasteiger partial charge >= 0.3 is 0 Å². The highest BCUT2D eigenvalue weighted by atomic mass is 16.5. The van der Waals surface area contributed by atoms with Crippen molar-refractivity contribution < 1.29 is 27.8 Å². The highest BCUT2D eigenvalue weighted by Gasteiger charge is 2.16. The predicted molar refractivity (Wildman–Crippen MR) is 140 cm³/mol. The van der Waals surface area contributed by atoms with Crippen LogP contribution >= 0.6 is 0 Å². The number of hydrogen-bond donors (Lipinski definition) is 1. The van der Waals surface area contributed by atoms with Crippen LogP contribution < -0.4 is 29.7 Å². The van der Waals surface area contributed by atoms with Crippen LogP contribution in [0.5, 0.6) is 23.0 Å². The molecule has 0 atom stereocenters. The predicted octanol–water partition coefficient (Wildman–Crippen LogP) is 5.18. The number of nitrogens with zero attached hydrogens (tertiary/aromatic N) is 1. The van der Waals surface area contributed by atoms with Crippen LogP contribution in [0.25, 0.3) is 45.9 Å². The third-order valence-corrected chi connectivity index (χ3v) is 6.24. The van der Waals surface area contributed by atoms with E-state index in [1.54, 1.807) is 28.4 Å². The van der Waals surface area contributed by atoms with Gasteiger partial charge in [-0.05, 0) is 42.5 Å². The topological polar surface area (TPSA) is 91.4 Å². The number of aromatic amines is 1. The van der Waals surface area contributed by atoms with Crippen molar-refractivity contribution in [2.24, 2.45) is 4.99 Å². The fourth-order valence-electron chi connectivity index (χ4n) is 4.42. The molecule has 1 aliphatic heterocycles. The van der Waals surface area contributed by atoms with Crippen LogP contribution in [-0.2, 0) is 0 Å². The van der Waals surface area contributed by atoms with Gasteiger partial charge in [0.05, 0.1) is 50.8 Å². The number of furan rings is 2. The van der Waals surface area contributed by atoms with E-state index in [1.165, 1.54) is 0 Å². The molecule has 8 heteroatoms. The number of ether oxygens (including phenoxy) is 4. The molecule has 6 rings (SSSR count). The van der Waals surface area contributed by atoms with Gasteiger partial charge in [-0.3, -0.25) is 0 Å². The Bertz CT molecular complexity index is 1720. The molecule has 0 radical (unpaired) electrons. The second kappa shape index (κ2) is 8.98. The number of H-pyrrole nitrogens is 1. The van der Waals surface area contributed by atoms with Crippen LogP contribution in [0, 0.1) is 0 Å². The third kappa shape index (κ3) is 4.02. The second-order valence-corrected chi connectivity index (χ2v) is 8.43. The van der Waals surface area contributed by atoms with Crippen molar-refractivity contribution in [1.29, 1.82) is 0 Å². The van der Waals surface area contributed by atoms with Crippen LogP contribution in [0.15, 0.2) is 74.1 Å². The van der Waals surface area contributed by atoms with E-state index >= 15 is 0 Å². The number of rotatable bonds is 7. The fraction of sp³-hybridized carbons (Fsp3) is 0.138. The molecule has 0 amide bonds. The lowest BCUT2D eigenvalue weighted by Gasteiger charge is -2.08. The van der Waals surface area contributed by atoms with E-state index in [0.29, 0.717) is 28.4 Å². The van der Waals surface area contributed by atoms with Crippen LogP contribution in [0.2, 0.25) is 0 Å². The maximum absolute atomic E-state index is 6.12. The summed E-state index contributed by atoms with van der Waals surface area (Å²) in [7, 11) is 6.51. The molecule has 0 saturated heterocycles. The Balaban J connectivity index is 1.29. The first-order valence-electron chi connectivity index (χ1n) is 11.6. The van der Waals surface area contributed by atoms with E-state index in [0.717, 1.165) is 50.5 Å². The Labute approximate surface area is 212 Å². The first-order chi connectivity index (χ1) is 18.1. The molecule has 1 aliphatic rings. The van der Waals surface area contributed by atoms with Gasteiger partial charge in [0, 0.05) is 30.0 Å². The van der Waals surface area contributed by atoms with Gasteiger partial charge in [-0.2, -0.15) is 0 Å². The Morgan fingerprint density at radius 2 is 1.38 bits per heavy atom. The van der Waals surface area contributed by atoms with Crippen molar-refractivity contribution in [3.8, 4) is 45.6 Å². The lowest BCUT2D eigenvalue weighted by Crippen LogP contribution is -2.14. The van der Waals surface area contributed by atoms with E-state index in [2.05, 4.69) is 4.98 Å². The van der Waals surface area contributed by atoms with Crippen molar-refractivity contribution in [3.05, 3.63) is 76.8 Å². The van der Waals surface area contributed by atoms with Gasteiger partial charge < -0.3 is 32.8 Å². The largest absolute Gasteiger partial charge is 0.497 e. The Morgan fingerprint density at radius 1 is 0.730 bits per heavy atom. The molecule has 0 fully saturated rings. The summed E-state index contributed by atoms with van der Waals surface area (Å²) in [4.78, 5) is 8.09. The number of hydrogen-bond acceptors (Lipinski definition) is 7. The summed E-state index contributed by atoms with van der Waals surface area (Å²) in [6.45, 7) is 0.